The van der Waals surface area contributed by atoms with E-state index in [1.54, 1.807) is 25.6 Å². The third kappa shape index (κ3) is 5.65. The average Bonchev–Trinajstić information content (AvgIpc) is 2.39. The number of carbonyl (C=O) groups is 2. The number of aryl methyl sites for hydroxylation is 1. The summed E-state index contributed by atoms with van der Waals surface area (Å²) in [6, 6.07) is 7.79. The first kappa shape index (κ1) is 16.6. The molecule has 0 aliphatic carbocycles. The van der Waals surface area contributed by atoms with Crippen LogP contribution in [-0.2, 0) is 9.59 Å². The number of hydrogen-bond donors (Lipinski definition) is 2. The molecule has 1 aromatic carbocycles. The number of benzene rings is 1. The Balaban J connectivity index is 2.29. The van der Waals surface area contributed by atoms with Crippen LogP contribution in [0.1, 0.15) is 25.8 Å². The Morgan fingerprint density at radius 1 is 1.25 bits per heavy atom. The molecule has 2 atom stereocenters. The lowest BCUT2D eigenvalue weighted by atomic mass is 10.0. The van der Waals surface area contributed by atoms with Gasteiger partial charge in [-0.15, -0.1) is 11.8 Å². The Hall–Kier alpha value is -1.49. The minimum Gasteiger partial charge on any atom is -0.481 e. The zero-order valence-corrected chi connectivity index (χ0v) is 12.9. The maximum absolute atomic E-state index is 11.7. The van der Waals surface area contributed by atoms with E-state index in [4.69, 9.17) is 5.11 Å². The van der Waals surface area contributed by atoms with Crippen LogP contribution >= 0.6 is 11.8 Å². The monoisotopic (exact) mass is 295 g/mol. The van der Waals surface area contributed by atoms with Crippen LogP contribution < -0.4 is 5.32 Å². The summed E-state index contributed by atoms with van der Waals surface area (Å²) in [4.78, 5) is 23.6. The first-order chi connectivity index (χ1) is 9.40. The maximum Gasteiger partial charge on any atom is 0.308 e. The summed E-state index contributed by atoms with van der Waals surface area (Å²) in [6.07, 6.45) is 0.384. The van der Waals surface area contributed by atoms with Gasteiger partial charge in [-0.25, -0.2) is 0 Å². The highest BCUT2D eigenvalue weighted by molar-refractivity contribution is 7.99. The first-order valence-corrected chi connectivity index (χ1v) is 7.60. The molecule has 20 heavy (non-hydrogen) atoms. The Bertz CT molecular complexity index is 459. The van der Waals surface area contributed by atoms with Gasteiger partial charge in [0.05, 0.1) is 5.92 Å². The van der Waals surface area contributed by atoms with E-state index in [0.29, 0.717) is 12.2 Å². The van der Waals surface area contributed by atoms with Gasteiger partial charge in [0.2, 0.25) is 5.91 Å². The van der Waals surface area contributed by atoms with E-state index in [9.17, 15) is 9.59 Å². The van der Waals surface area contributed by atoms with Crippen molar-refractivity contribution in [1.82, 2.24) is 5.32 Å². The molecule has 0 aliphatic heterocycles. The summed E-state index contributed by atoms with van der Waals surface area (Å²) >= 11 is 1.62. The number of nitrogens with one attached hydrogen (secondary N) is 1. The van der Waals surface area contributed by atoms with Gasteiger partial charge in [-0.2, -0.15) is 0 Å². The molecule has 0 heterocycles. The molecule has 0 bridgehead atoms. The third-order valence-electron chi connectivity index (χ3n) is 3.15. The van der Waals surface area contributed by atoms with Crippen LogP contribution in [0.5, 0.6) is 0 Å². The van der Waals surface area contributed by atoms with Crippen LogP contribution in [0.25, 0.3) is 0 Å². The molecule has 0 saturated heterocycles. The summed E-state index contributed by atoms with van der Waals surface area (Å²) in [6.45, 7) is 5.34. The van der Waals surface area contributed by atoms with Gasteiger partial charge in [-0.1, -0.05) is 17.7 Å². The molecule has 0 radical (unpaired) electrons. The van der Waals surface area contributed by atoms with E-state index in [1.165, 1.54) is 5.56 Å². The maximum atomic E-state index is 11.7. The molecule has 1 amide bonds. The zero-order valence-electron chi connectivity index (χ0n) is 12.1. The van der Waals surface area contributed by atoms with Crippen molar-refractivity contribution in [3.8, 4) is 0 Å². The van der Waals surface area contributed by atoms with Crippen LogP contribution in [-0.4, -0.2) is 28.8 Å². The van der Waals surface area contributed by atoms with Crippen molar-refractivity contribution in [1.29, 1.82) is 0 Å². The van der Waals surface area contributed by atoms with Gasteiger partial charge < -0.3 is 10.4 Å². The minimum absolute atomic E-state index is 0.106. The smallest absolute Gasteiger partial charge is 0.308 e. The number of amides is 1. The van der Waals surface area contributed by atoms with Gasteiger partial charge in [0, 0.05) is 23.1 Å². The quantitative estimate of drug-likeness (QED) is 0.759. The van der Waals surface area contributed by atoms with Crippen molar-refractivity contribution in [2.45, 2.75) is 38.1 Å². The van der Waals surface area contributed by atoms with E-state index in [1.807, 2.05) is 31.2 Å². The van der Waals surface area contributed by atoms with Crippen molar-refractivity contribution in [2.24, 2.45) is 5.92 Å². The number of rotatable bonds is 7. The fourth-order valence-electron chi connectivity index (χ4n) is 1.56. The van der Waals surface area contributed by atoms with Gasteiger partial charge >= 0.3 is 5.97 Å². The molecule has 1 rings (SSSR count). The molecule has 1 aromatic rings. The van der Waals surface area contributed by atoms with Gasteiger partial charge in [0.25, 0.3) is 0 Å². The largest absolute Gasteiger partial charge is 0.481 e. The second kappa shape index (κ2) is 7.94. The second-order valence-corrected chi connectivity index (χ2v) is 6.06. The summed E-state index contributed by atoms with van der Waals surface area (Å²) in [5.41, 5.74) is 1.21. The molecule has 2 N–H and O–H groups in total. The third-order valence-corrected chi connectivity index (χ3v) is 4.16. The number of carbonyl (C=O) groups excluding carboxylic acids is 1. The lowest BCUT2D eigenvalue weighted by Gasteiger charge is -2.17. The molecule has 110 valence electrons. The molecule has 5 heteroatoms. The molecule has 0 aromatic heterocycles. The van der Waals surface area contributed by atoms with Gasteiger partial charge in [0.1, 0.15) is 0 Å². The summed E-state index contributed by atoms with van der Waals surface area (Å²) in [5.74, 6) is -0.899. The van der Waals surface area contributed by atoms with Crippen molar-refractivity contribution >= 4 is 23.6 Å². The molecule has 0 aliphatic rings. The fraction of sp³-hybridized carbons (Fsp3) is 0.467. The highest BCUT2D eigenvalue weighted by Gasteiger charge is 2.20. The van der Waals surface area contributed by atoms with E-state index >= 15 is 0 Å². The van der Waals surface area contributed by atoms with Gasteiger partial charge in [-0.3, -0.25) is 9.59 Å². The predicted octanol–water partition coefficient (Wildman–Crippen LogP) is 2.70. The fourth-order valence-corrected chi connectivity index (χ4v) is 2.41. The van der Waals surface area contributed by atoms with E-state index in [-0.39, 0.29) is 11.9 Å². The predicted molar refractivity (Wildman–Crippen MR) is 80.9 cm³/mol. The summed E-state index contributed by atoms with van der Waals surface area (Å²) in [5, 5.41) is 11.6. The van der Waals surface area contributed by atoms with Crippen molar-refractivity contribution in [2.75, 3.05) is 5.75 Å². The number of carboxylic acids is 1. The average molecular weight is 295 g/mol. The standard InChI is InChI=1S/C15H21NO3S/c1-10-4-6-13(7-5-10)20-9-8-14(17)16-12(3)11(2)15(18)19/h4-7,11-12H,8-9H2,1-3H3,(H,16,17)(H,18,19). The van der Waals surface area contributed by atoms with E-state index < -0.39 is 11.9 Å². The Morgan fingerprint density at radius 2 is 1.85 bits per heavy atom. The summed E-state index contributed by atoms with van der Waals surface area (Å²) < 4.78 is 0. The highest BCUT2D eigenvalue weighted by Crippen LogP contribution is 2.19. The van der Waals surface area contributed by atoms with Crippen LogP contribution in [0.3, 0.4) is 0 Å². The Morgan fingerprint density at radius 3 is 2.40 bits per heavy atom. The molecule has 2 unspecified atom stereocenters. The first-order valence-electron chi connectivity index (χ1n) is 6.61. The lowest BCUT2D eigenvalue weighted by Crippen LogP contribution is -2.40. The van der Waals surface area contributed by atoms with Crippen LogP contribution in [0.15, 0.2) is 29.2 Å². The van der Waals surface area contributed by atoms with Crippen molar-refractivity contribution in [3.63, 3.8) is 0 Å². The molecule has 0 saturated carbocycles. The Kier molecular flexibility index (Phi) is 6.58. The van der Waals surface area contributed by atoms with E-state index in [0.717, 1.165) is 4.90 Å². The SMILES string of the molecule is Cc1ccc(SCCC(=O)NC(C)C(C)C(=O)O)cc1. The minimum atomic E-state index is -0.896. The number of thioether (sulfide) groups is 1. The molecular formula is C15H21NO3S. The zero-order chi connectivity index (χ0) is 15.1. The lowest BCUT2D eigenvalue weighted by molar-refractivity contribution is -0.142. The second-order valence-electron chi connectivity index (χ2n) is 4.89. The van der Waals surface area contributed by atoms with Crippen LogP contribution in [0.2, 0.25) is 0 Å². The van der Waals surface area contributed by atoms with Crippen molar-refractivity contribution < 1.29 is 14.7 Å². The number of aliphatic carboxylic acids is 1. The highest BCUT2D eigenvalue weighted by atomic mass is 32.2. The number of carboxylic acid groups (broad SMARTS) is 1. The van der Waals surface area contributed by atoms with Crippen molar-refractivity contribution in [3.05, 3.63) is 29.8 Å². The summed E-state index contributed by atoms with van der Waals surface area (Å²) in [7, 11) is 0. The van der Waals surface area contributed by atoms with E-state index in [2.05, 4.69) is 5.32 Å². The topological polar surface area (TPSA) is 66.4 Å². The normalized spacial score (nSPS) is 13.6. The van der Waals surface area contributed by atoms with Crippen LogP contribution in [0, 0.1) is 12.8 Å². The van der Waals surface area contributed by atoms with Gasteiger partial charge in [-0.05, 0) is 32.9 Å². The molecule has 0 fully saturated rings. The number of hydrogen-bond acceptors (Lipinski definition) is 3. The molecule has 4 nitrogen and oxygen atoms in total. The Labute approximate surface area is 124 Å². The van der Waals surface area contributed by atoms with Crippen LogP contribution in [0.4, 0.5) is 0 Å². The molecular weight excluding hydrogens is 274 g/mol. The molecule has 0 spiro atoms. The van der Waals surface area contributed by atoms with Gasteiger partial charge in [0.15, 0.2) is 0 Å².